The SMILES string of the molecule is COC(=O)c1ccc(CCn2c(COc3cccc(OC(F)(F)F)c3)c(C)cc(C)c2=O)cc1. The van der Waals surface area contributed by atoms with E-state index in [0.29, 0.717) is 29.8 Å². The Morgan fingerprint density at radius 2 is 1.65 bits per heavy atom. The van der Waals surface area contributed by atoms with Gasteiger partial charge >= 0.3 is 12.3 Å². The molecule has 0 radical (unpaired) electrons. The first-order valence-corrected chi connectivity index (χ1v) is 10.4. The van der Waals surface area contributed by atoms with E-state index in [0.717, 1.165) is 17.2 Å². The summed E-state index contributed by atoms with van der Waals surface area (Å²) in [4.78, 5) is 24.5. The lowest BCUT2D eigenvalue weighted by Crippen LogP contribution is -2.28. The minimum absolute atomic E-state index is 0.0158. The number of hydrogen-bond donors (Lipinski definition) is 0. The Bertz CT molecular complexity index is 1220. The summed E-state index contributed by atoms with van der Waals surface area (Å²) in [5, 5.41) is 0. The van der Waals surface area contributed by atoms with Gasteiger partial charge in [0.25, 0.3) is 5.56 Å². The van der Waals surface area contributed by atoms with E-state index < -0.39 is 18.1 Å². The summed E-state index contributed by atoms with van der Waals surface area (Å²) < 4.78 is 53.4. The zero-order valence-corrected chi connectivity index (χ0v) is 18.9. The summed E-state index contributed by atoms with van der Waals surface area (Å²) in [6.07, 6.45) is -4.28. The van der Waals surface area contributed by atoms with Gasteiger partial charge in [0.05, 0.1) is 18.4 Å². The van der Waals surface area contributed by atoms with Crippen molar-refractivity contribution in [1.82, 2.24) is 4.57 Å². The van der Waals surface area contributed by atoms with Crippen molar-refractivity contribution in [3.63, 3.8) is 0 Å². The molecule has 0 unspecified atom stereocenters. The van der Waals surface area contributed by atoms with Gasteiger partial charge in [0.2, 0.25) is 0 Å². The van der Waals surface area contributed by atoms with E-state index >= 15 is 0 Å². The summed E-state index contributed by atoms with van der Waals surface area (Å²) in [5.41, 5.74) is 3.18. The van der Waals surface area contributed by atoms with E-state index in [9.17, 15) is 22.8 Å². The Hall–Kier alpha value is -3.75. The van der Waals surface area contributed by atoms with Crippen LogP contribution in [0, 0.1) is 13.8 Å². The highest BCUT2D eigenvalue weighted by atomic mass is 19.4. The number of ether oxygens (including phenoxy) is 3. The summed E-state index contributed by atoms with van der Waals surface area (Å²) in [5.74, 6) is -0.640. The smallest absolute Gasteiger partial charge is 0.487 e. The molecule has 0 fully saturated rings. The lowest BCUT2D eigenvalue weighted by atomic mass is 10.1. The fourth-order valence-corrected chi connectivity index (χ4v) is 3.53. The molecule has 9 heteroatoms. The third-order valence-electron chi connectivity index (χ3n) is 5.21. The number of nitrogens with zero attached hydrogens (tertiary/aromatic N) is 1. The summed E-state index contributed by atoms with van der Waals surface area (Å²) in [6, 6.07) is 13.9. The maximum atomic E-state index is 12.9. The average Bonchev–Trinajstić information content (AvgIpc) is 2.78. The molecular formula is C25H24F3NO5. The van der Waals surface area contributed by atoms with Crippen LogP contribution in [0.1, 0.15) is 32.7 Å². The van der Waals surface area contributed by atoms with Crippen LogP contribution in [0.3, 0.4) is 0 Å². The fourth-order valence-electron chi connectivity index (χ4n) is 3.53. The number of alkyl halides is 3. The zero-order chi connectivity index (χ0) is 24.9. The van der Waals surface area contributed by atoms with Gasteiger partial charge in [0, 0.05) is 18.2 Å². The van der Waals surface area contributed by atoms with E-state index in [2.05, 4.69) is 4.74 Å². The van der Waals surface area contributed by atoms with Crippen molar-refractivity contribution in [3.8, 4) is 11.5 Å². The van der Waals surface area contributed by atoms with Crippen LogP contribution < -0.4 is 15.0 Å². The Morgan fingerprint density at radius 1 is 0.971 bits per heavy atom. The Labute approximate surface area is 194 Å². The molecule has 1 heterocycles. The average molecular weight is 475 g/mol. The molecule has 2 aromatic carbocycles. The number of pyridine rings is 1. The van der Waals surface area contributed by atoms with Gasteiger partial charge in [-0.2, -0.15) is 0 Å². The largest absolute Gasteiger partial charge is 0.573 e. The minimum Gasteiger partial charge on any atom is -0.487 e. The van der Waals surface area contributed by atoms with Crippen molar-refractivity contribution in [2.24, 2.45) is 0 Å². The lowest BCUT2D eigenvalue weighted by molar-refractivity contribution is -0.274. The molecule has 0 N–H and O–H groups in total. The molecular weight excluding hydrogens is 451 g/mol. The van der Waals surface area contributed by atoms with Crippen LogP contribution in [0.2, 0.25) is 0 Å². The van der Waals surface area contributed by atoms with Crippen LogP contribution in [0.4, 0.5) is 13.2 Å². The number of carbonyl (C=O) groups excluding carboxylic acids is 1. The van der Waals surface area contributed by atoms with Gasteiger partial charge in [-0.25, -0.2) is 4.79 Å². The lowest BCUT2D eigenvalue weighted by Gasteiger charge is -2.18. The number of esters is 1. The van der Waals surface area contributed by atoms with Crippen LogP contribution in [0.5, 0.6) is 11.5 Å². The summed E-state index contributed by atoms with van der Waals surface area (Å²) in [7, 11) is 1.31. The first kappa shape index (κ1) is 24.9. The molecule has 0 aliphatic rings. The number of halogens is 3. The van der Waals surface area contributed by atoms with E-state index in [1.165, 1.54) is 25.3 Å². The molecule has 0 saturated heterocycles. The van der Waals surface area contributed by atoms with Crippen LogP contribution >= 0.6 is 0 Å². The second kappa shape index (κ2) is 10.5. The quantitative estimate of drug-likeness (QED) is 0.431. The summed E-state index contributed by atoms with van der Waals surface area (Å²) >= 11 is 0. The van der Waals surface area contributed by atoms with Crippen molar-refractivity contribution in [1.29, 1.82) is 0 Å². The van der Waals surface area contributed by atoms with Crippen molar-refractivity contribution < 1.29 is 32.2 Å². The standard InChI is InChI=1S/C25H24F3NO5/c1-16-13-17(2)23(30)29(12-11-18-7-9-19(10-8-18)24(31)32-3)22(16)15-33-20-5-4-6-21(14-20)34-25(26,27)28/h4-10,13-14H,11-12,15H2,1-3H3. The Kier molecular flexibility index (Phi) is 7.65. The molecule has 0 aliphatic carbocycles. The number of methoxy groups -OCH3 is 1. The first-order valence-electron chi connectivity index (χ1n) is 10.4. The van der Waals surface area contributed by atoms with Gasteiger partial charge in [-0.05, 0) is 61.7 Å². The highest BCUT2D eigenvalue weighted by Gasteiger charge is 2.31. The molecule has 0 spiro atoms. The normalized spacial score (nSPS) is 11.2. The van der Waals surface area contributed by atoms with Crippen molar-refractivity contribution in [2.45, 2.75) is 39.8 Å². The highest BCUT2D eigenvalue weighted by Crippen LogP contribution is 2.26. The molecule has 0 amide bonds. The van der Waals surface area contributed by atoms with Gasteiger partial charge in [0.1, 0.15) is 18.1 Å². The molecule has 0 saturated carbocycles. The Morgan fingerprint density at radius 3 is 2.29 bits per heavy atom. The van der Waals surface area contributed by atoms with Crippen LogP contribution in [-0.2, 0) is 24.3 Å². The molecule has 180 valence electrons. The van der Waals surface area contributed by atoms with Gasteiger partial charge < -0.3 is 18.8 Å². The van der Waals surface area contributed by atoms with Crippen molar-refractivity contribution in [2.75, 3.05) is 7.11 Å². The van der Waals surface area contributed by atoms with Crippen LogP contribution in [0.25, 0.3) is 0 Å². The van der Waals surface area contributed by atoms with Crippen molar-refractivity contribution >= 4 is 5.97 Å². The van der Waals surface area contributed by atoms with E-state index in [-0.39, 0.29) is 17.9 Å². The fraction of sp³-hybridized carbons (Fsp3) is 0.280. The third kappa shape index (κ3) is 6.40. The van der Waals surface area contributed by atoms with Crippen LogP contribution in [0.15, 0.2) is 59.4 Å². The molecule has 34 heavy (non-hydrogen) atoms. The zero-order valence-electron chi connectivity index (χ0n) is 18.9. The maximum Gasteiger partial charge on any atom is 0.573 e. The third-order valence-corrected chi connectivity index (χ3v) is 5.21. The van der Waals surface area contributed by atoms with Gasteiger partial charge in [-0.1, -0.05) is 18.2 Å². The van der Waals surface area contributed by atoms with E-state index in [4.69, 9.17) is 9.47 Å². The minimum atomic E-state index is -4.80. The molecule has 6 nitrogen and oxygen atoms in total. The van der Waals surface area contributed by atoms with E-state index in [1.54, 1.807) is 41.8 Å². The number of aromatic nitrogens is 1. The summed E-state index contributed by atoms with van der Waals surface area (Å²) in [6.45, 7) is 3.91. The first-order chi connectivity index (χ1) is 16.1. The Balaban J connectivity index is 1.78. The maximum absolute atomic E-state index is 12.9. The molecule has 0 aliphatic heterocycles. The number of carbonyl (C=O) groups is 1. The number of rotatable bonds is 8. The van der Waals surface area contributed by atoms with Crippen molar-refractivity contribution in [3.05, 3.63) is 92.9 Å². The second-order valence-electron chi connectivity index (χ2n) is 7.66. The van der Waals surface area contributed by atoms with Gasteiger partial charge in [-0.15, -0.1) is 13.2 Å². The van der Waals surface area contributed by atoms with Gasteiger partial charge in [-0.3, -0.25) is 4.79 Å². The van der Waals surface area contributed by atoms with Crippen LogP contribution in [-0.4, -0.2) is 24.0 Å². The van der Waals surface area contributed by atoms with E-state index in [1.807, 2.05) is 6.92 Å². The predicted molar refractivity (Wildman–Crippen MR) is 119 cm³/mol. The topological polar surface area (TPSA) is 66.8 Å². The second-order valence-corrected chi connectivity index (χ2v) is 7.66. The number of aryl methyl sites for hydroxylation is 3. The molecule has 0 atom stereocenters. The monoisotopic (exact) mass is 475 g/mol. The molecule has 3 aromatic rings. The molecule has 0 bridgehead atoms. The molecule has 3 rings (SSSR count). The molecule has 1 aromatic heterocycles. The predicted octanol–water partition coefficient (Wildman–Crippen LogP) is 4.97. The van der Waals surface area contributed by atoms with Gasteiger partial charge in [0.15, 0.2) is 0 Å². The number of hydrogen-bond acceptors (Lipinski definition) is 5. The number of benzene rings is 2. The highest BCUT2D eigenvalue weighted by molar-refractivity contribution is 5.89.